The van der Waals surface area contributed by atoms with E-state index in [2.05, 4.69) is 38.1 Å². The molecule has 2 heteroatoms. The summed E-state index contributed by atoms with van der Waals surface area (Å²) in [4.78, 5) is 4.30. The van der Waals surface area contributed by atoms with Gasteiger partial charge in [0.15, 0.2) is 0 Å². The lowest BCUT2D eigenvalue weighted by molar-refractivity contribution is 1.29. The number of aliphatic imine (C=N–C) groups is 1. The van der Waals surface area contributed by atoms with Gasteiger partial charge in [0.05, 0.1) is 0 Å². The van der Waals surface area contributed by atoms with Crippen molar-refractivity contribution in [2.24, 2.45) is 4.99 Å². The molecule has 0 aromatic rings. The Kier molecular flexibility index (Phi) is 2.77. The molecule has 1 unspecified atom stereocenters. The lowest BCUT2D eigenvalue weighted by Gasteiger charge is -1.92. The molecule has 1 atom stereocenters. The second-order valence-corrected chi connectivity index (χ2v) is 6.73. The second-order valence-electron chi connectivity index (χ2n) is 2.44. The molecule has 1 nitrogen and oxygen atoms in total. The van der Waals surface area contributed by atoms with E-state index < -0.39 is 0 Å². The van der Waals surface area contributed by atoms with Crippen LogP contribution in [0.2, 0.25) is 0 Å². The Labute approximate surface area is 72.0 Å². The molecule has 0 aliphatic carbocycles. The van der Waals surface area contributed by atoms with Crippen LogP contribution in [0.3, 0.4) is 0 Å². The lowest BCUT2D eigenvalue weighted by atomic mass is 10.4. The molecular formula is C8H12IN. The second kappa shape index (κ2) is 3.42. The fourth-order valence-electron chi connectivity index (χ4n) is 0.877. The smallest absolute Gasteiger partial charge is 0.0389 e. The van der Waals surface area contributed by atoms with Gasteiger partial charge in [-0.15, -0.1) is 20.7 Å². The third-order valence-corrected chi connectivity index (χ3v) is 3.83. The summed E-state index contributed by atoms with van der Waals surface area (Å²) in [5, 5.41) is 0. The number of hydrogen-bond donors (Lipinski definition) is 0. The van der Waals surface area contributed by atoms with Gasteiger partial charge in [0.2, 0.25) is 0 Å². The quantitative estimate of drug-likeness (QED) is 0.462. The molecule has 0 spiro atoms. The number of allylic oxidation sites excluding steroid dienone is 2. The molecule has 1 heterocycles. The van der Waals surface area contributed by atoms with E-state index >= 15 is 0 Å². The number of hydrogen-bond acceptors (Lipinski definition) is 1. The van der Waals surface area contributed by atoms with Crippen LogP contribution in [0.4, 0.5) is 0 Å². The molecule has 1 aliphatic heterocycles. The van der Waals surface area contributed by atoms with E-state index in [1.54, 1.807) is 3.51 Å². The van der Waals surface area contributed by atoms with Crippen LogP contribution >= 0.6 is 20.7 Å². The molecule has 10 heavy (non-hydrogen) atoms. The van der Waals surface area contributed by atoms with Crippen molar-refractivity contribution in [1.29, 1.82) is 0 Å². The van der Waals surface area contributed by atoms with Gasteiger partial charge < -0.3 is 0 Å². The van der Waals surface area contributed by atoms with Gasteiger partial charge in [0.25, 0.3) is 0 Å². The van der Waals surface area contributed by atoms with E-state index in [-0.39, 0.29) is 20.7 Å². The zero-order valence-corrected chi connectivity index (χ0v) is 8.71. The topological polar surface area (TPSA) is 12.4 Å². The molecule has 0 amide bonds. The minimum absolute atomic E-state index is 0.225. The third-order valence-electron chi connectivity index (χ3n) is 1.24. The highest BCUT2D eigenvalue weighted by atomic mass is 127. The predicted molar refractivity (Wildman–Crippen MR) is 56.4 cm³/mol. The monoisotopic (exact) mass is 249 g/mol. The largest absolute Gasteiger partial charge is 0.265 e. The maximum absolute atomic E-state index is 4.30. The molecule has 1 aliphatic rings. The van der Waals surface area contributed by atoms with Crippen LogP contribution in [0.25, 0.3) is 0 Å². The van der Waals surface area contributed by atoms with Crippen LogP contribution in [0.1, 0.15) is 20.8 Å². The van der Waals surface area contributed by atoms with Gasteiger partial charge in [-0.2, -0.15) is 0 Å². The van der Waals surface area contributed by atoms with Crippen molar-refractivity contribution in [3.63, 3.8) is 0 Å². The van der Waals surface area contributed by atoms with Crippen LogP contribution in [0, 0.1) is 0 Å². The lowest BCUT2D eigenvalue weighted by Crippen LogP contribution is -1.91. The predicted octanol–water partition coefficient (Wildman–Crippen LogP) is 2.53. The Morgan fingerprint density at radius 3 is 2.90 bits per heavy atom. The van der Waals surface area contributed by atoms with Gasteiger partial charge in [-0.1, -0.05) is 0 Å². The summed E-state index contributed by atoms with van der Waals surface area (Å²) in [6.07, 6.45) is 4.28. The first-order chi connectivity index (χ1) is 4.68. The van der Waals surface area contributed by atoms with Crippen LogP contribution in [0.15, 0.2) is 16.8 Å². The normalized spacial score (nSPS) is 26.1. The Morgan fingerprint density at radius 2 is 2.20 bits per heavy atom. The minimum atomic E-state index is 0.225. The molecule has 0 aromatic carbocycles. The first kappa shape index (κ1) is 8.11. The highest BCUT2D eigenvalue weighted by Crippen LogP contribution is 2.14. The molecule has 0 N–H and O–H groups in total. The SMILES string of the molecule is CC1=CC(C)=IC(C)C=N1. The van der Waals surface area contributed by atoms with E-state index in [1.165, 1.54) is 0 Å². The highest BCUT2D eigenvalue weighted by molar-refractivity contribution is 14.2. The average molecular weight is 249 g/mol. The summed E-state index contributed by atoms with van der Waals surface area (Å²) in [5.41, 5.74) is 1.15. The maximum Gasteiger partial charge on any atom is 0.0389 e. The zero-order valence-electron chi connectivity index (χ0n) is 6.56. The fraction of sp³-hybridized carbons (Fsp3) is 0.500. The maximum atomic E-state index is 4.30. The first-order valence-corrected chi connectivity index (χ1v) is 5.70. The molecule has 0 saturated heterocycles. The number of alkyl halides is 1. The first-order valence-electron chi connectivity index (χ1n) is 3.38. The zero-order chi connectivity index (χ0) is 7.56. The van der Waals surface area contributed by atoms with Crippen LogP contribution < -0.4 is 0 Å². The van der Waals surface area contributed by atoms with Crippen LogP contribution in [-0.2, 0) is 0 Å². The molecule has 0 saturated carbocycles. The molecule has 0 radical (unpaired) electrons. The summed E-state index contributed by atoms with van der Waals surface area (Å²) in [5.74, 6) is 0. The van der Waals surface area contributed by atoms with Gasteiger partial charge in [-0.05, 0) is 30.4 Å². The van der Waals surface area contributed by atoms with Crippen LogP contribution in [-0.4, -0.2) is 13.6 Å². The summed E-state index contributed by atoms with van der Waals surface area (Å²) >= 11 is 0.225. The van der Waals surface area contributed by atoms with Gasteiger partial charge in [0.1, 0.15) is 0 Å². The van der Waals surface area contributed by atoms with Crippen LogP contribution in [0.5, 0.6) is 0 Å². The van der Waals surface area contributed by atoms with E-state index in [4.69, 9.17) is 0 Å². The summed E-state index contributed by atoms with van der Waals surface area (Å²) in [6.45, 7) is 6.51. The average Bonchev–Trinajstić information content (AvgIpc) is 1.93. The van der Waals surface area contributed by atoms with Crippen molar-refractivity contribution >= 4 is 30.5 Å². The number of rotatable bonds is 0. The third kappa shape index (κ3) is 2.33. The Bertz CT molecular complexity index is 213. The summed E-state index contributed by atoms with van der Waals surface area (Å²) < 4.78 is 2.26. The van der Waals surface area contributed by atoms with Gasteiger partial charge in [0, 0.05) is 15.8 Å². The Balaban J connectivity index is 2.88. The van der Waals surface area contributed by atoms with Crippen molar-refractivity contribution in [2.75, 3.05) is 0 Å². The standard InChI is InChI=1S/C8H12IN/c1-6-4-8(3)10-5-7(2)9-6/h4-5,7H,1-3H3. The van der Waals surface area contributed by atoms with Crippen molar-refractivity contribution < 1.29 is 0 Å². The van der Waals surface area contributed by atoms with E-state index in [9.17, 15) is 0 Å². The number of halogens is 1. The molecular weight excluding hydrogens is 237 g/mol. The van der Waals surface area contributed by atoms with Gasteiger partial charge in [-0.3, -0.25) is 4.99 Å². The van der Waals surface area contributed by atoms with E-state index in [0.29, 0.717) is 3.92 Å². The van der Waals surface area contributed by atoms with E-state index in [1.807, 2.05) is 0 Å². The van der Waals surface area contributed by atoms with Crippen molar-refractivity contribution in [3.8, 4) is 0 Å². The van der Waals surface area contributed by atoms with Gasteiger partial charge >= 0.3 is 0 Å². The number of nitrogens with zero attached hydrogens (tertiary/aromatic N) is 1. The molecule has 0 aromatic heterocycles. The highest BCUT2D eigenvalue weighted by Gasteiger charge is 1.98. The summed E-state index contributed by atoms with van der Waals surface area (Å²) in [6, 6.07) is 0. The minimum Gasteiger partial charge on any atom is -0.265 e. The van der Waals surface area contributed by atoms with Crippen molar-refractivity contribution in [3.05, 3.63) is 11.8 Å². The molecule has 56 valence electrons. The molecule has 0 bridgehead atoms. The Hall–Kier alpha value is 0.01000. The molecule has 1 rings (SSSR count). The van der Waals surface area contributed by atoms with E-state index in [0.717, 1.165) is 5.70 Å². The fourth-order valence-corrected chi connectivity index (χ4v) is 3.38. The Morgan fingerprint density at radius 1 is 1.50 bits per heavy atom. The van der Waals surface area contributed by atoms with Gasteiger partial charge in [-0.25, -0.2) is 0 Å². The molecule has 0 fully saturated rings. The van der Waals surface area contributed by atoms with Crippen molar-refractivity contribution in [1.82, 2.24) is 0 Å². The van der Waals surface area contributed by atoms with Crippen molar-refractivity contribution in [2.45, 2.75) is 24.7 Å². The summed E-state index contributed by atoms with van der Waals surface area (Å²) in [7, 11) is 0.